The lowest BCUT2D eigenvalue weighted by molar-refractivity contribution is -0.146. The molecule has 1 aliphatic heterocycles. The van der Waals surface area contributed by atoms with Gasteiger partial charge in [-0.15, -0.1) is 0 Å². The molecule has 3 rings (SSSR count). The van der Waals surface area contributed by atoms with Crippen LogP contribution in [0.2, 0.25) is 0 Å². The molecule has 0 saturated carbocycles. The summed E-state index contributed by atoms with van der Waals surface area (Å²) in [6, 6.07) is 3.62. The van der Waals surface area contributed by atoms with Gasteiger partial charge < -0.3 is 31.7 Å². The Hall–Kier alpha value is -3.60. The van der Waals surface area contributed by atoms with Crippen molar-refractivity contribution in [3.63, 3.8) is 0 Å². The molecule has 0 aliphatic carbocycles. The SMILES string of the molecule is COC(=O)[C@H](NC(=O)[C@@H]1C[C@H](N)CN1C(=O)Nc1cn(C(N)=O)c2ccccc12)C(C)C. The van der Waals surface area contributed by atoms with Crippen LogP contribution in [0, 0.1) is 5.92 Å². The van der Waals surface area contributed by atoms with Gasteiger partial charge in [-0.05, 0) is 18.4 Å². The van der Waals surface area contributed by atoms with Gasteiger partial charge in [0.05, 0.1) is 18.3 Å². The van der Waals surface area contributed by atoms with Crippen molar-refractivity contribution in [1.82, 2.24) is 14.8 Å². The van der Waals surface area contributed by atoms with E-state index in [-0.39, 0.29) is 18.9 Å². The number of likely N-dealkylation sites (tertiary alicyclic amines) is 1. The van der Waals surface area contributed by atoms with Gasteiger partial charge in [0.25, 0.3) is 0 Å². The van der Waals surface area contributed by atoms with Crippen LogP contribution in [0.1, 0.15) is 20.3 Å². The molecule has 2 heterocycles. The lowest BCUT2D eigenvalue weighted by Gasteiger charge is -2.27. The third-order valence-electron chi connectivity index (χ3n) is 5.51. The maximum atomic E-state index is 13.1. The number of rotatable bonds is 5. The molecule has 0 spiro atoms. The Balaban J connectivity index is 1.81. The molecule has 11 nitrogen and oxygen atoms in total. The summed E-state index contributed by atoms with van der Waals surface area (Å²) in [5.41, 5.74) is 12.4. The largest absolute Gasteiger partial charge is 0.467 e. The summed E-state index contributed by atoms with van der Waals surface area (Å²) in [5, 5.41) is 6.04. The van der Waals surface area contributed by atoms with Crippen LogP contribution in [0.25, 0.3) is 10.9 Å². The first-order valence-corrected chi connectivity index (χ1v) is 10.2. The number of aromatic nitrogens is 1. The second-order valence-electron chi connectivity index (χ2n) is 8.12. The molecule has 6 N–H and O–H groups in total. The number of nitrogens with one attached hydrogen (secondary N) is 2. The van der Waals surface area contributed by atoms with Crippen molar-refractivity contribution in [2.45, 2.75) is 38.4 Å². The van der Waals surface area contributed by atoms with E-state index in [0.717, 1.165) is 0 Å². The smallest absolute Gasteiger partial charge is 0.328 e. The molecule has 1 saturated heterocycles. The fourth-order valence-electron chi connectivity index (χ4n) is 3.86. The average Bonchev–Trinajstić information content (AvgIpc) is 3.32. The quantitative estimate of drug-likeness (QED) is 0.499. The maximum Gasteiger partial charge on any atom is 0.328 e. The zero-order chi connectivity index (χ0) is 23.6. The van der Waals surface area contributed by atoms with E-state index < -0.39 is 42.1 Å². The Bertz CT molecular complexity index is 1050. The molecule has 1 aromatic heterocycles. The zero-order valence-electron chi connectivity index (χ0n) is 18.2. The van der Waals surface area contributed by atoms with E-state index in [1.54, 1.807) is 38.1 Å². The van der Waals surface area contributed by atoms with Crippen LogP contribution in [-0.2, 0) is 14.3 Å². The van der Waals surface area contributed by atoms with Gasteiger partial charge in [-0.25, -0.2) is 14.4 Å². The summed E-state index contributed by atoms with van der Waals surface area (Å²) in [4.78, 5) is 51.1. The maximum absolute atomic E-state index is 13.1. The van der Waals surface area contributed by atoms with Crippen LogP contribution in [0.3, 0.4) is 0 Å². The molecule has 0 bridgehead atoms. The summed E-state index contributed by atoms with van der Waals surface area (Å²) in [6.45, 7) is 3.71. The molecule has 0 radical (unpaired) electrons. The molecule has 1 aliphatic rings. The van der Waals surface area contributed by atoms with Gasteiger partial charge in [0.15, 0.2) is 0 Å². The topological polar surface area (TPSA) is 162 Å². The number of ether oxygens (including phenoxy) is 1. The van der Waals surface area contributed by atoms with Crippen molar-refractivity contribution >= 4 is 40.5 Å². The Morgan fingerprint density at radius 1 is 1.19 bits per heavy atom. The van der Waals surface area contributed by atoms with Crippen LogP contribution >= 0.6 is 0 Å². The first kappa shape index (κ1) is 23.1. The molecule has 32 heavy (non-hydrogen) atoms. The number of benzene rings is 1. The number of methoxy groups -OCH3 is 1. The second-order valence-corrected chi connectivity index (χ2v) is 8.12. The molecule has 0 unspecified atom stereocenters. The van der Waals surface area contributed by atoms with E-state index in [0.29, 0.717) is 16.6 Å². The Kier molecular flexibility index (Phi) is 6.68. The number of nitrogens with two attached hydrogens (primary N) is 2. The summed E-state index contributed by atoms with van der Waals surface area (Å²) in [7, 11) is 1.25. The highest BCUT2D eigenvalue weighted by atomic mass is 16.5. The van der Waals surface area contributed by atoms with Crippen LogP contribution < -0.4 is 22.1 Å². The predicted octanol–water partition coefficient (Wildman–Crippen LogP) is 0.815. The summed E-state index contributed by atoms with van der Waals surface area (Å²) < 4.78 is 5.99. The second kappa shape index (κ2) is 9.27. The van der Waals surface area contributed by atoms with Gasteiger partial charge in [-0.1, -0.05) is 32.0 Å². The molecular weight excluding hydrogens is 416 g/mol. The third kappa shape index (κ3) is 4.52. The molecule has 3 atom stereocenters. The van der Waals surface area contributed by atoms with Crippen molar-refractivity contribution in [1.29, 1.82) is 0 Å². The van der Waals surface area contributed by atoms with Gasteiger partial charge in [-0.3, -0.25) is 9.36 Å². The number of carbonyl (C=O) groups excluding carboxylic acids is 4. The number of hydrogen-bond acceptors (Lipinski definition) is 6. The summed E-state index contributed by atoms with van der Waals surface area (Å²) >= 11 is 0. The van der Waals surface area contributed by atoms with E-state index >= 15 is 0 Å². The van der Waals surface area contributed by atoms with E-state index in [1.807, 2.05) is 0 Å². The predicted molar refractivity (Wildman–Crippen MR) is 118 cm³/mol. The number of carbonyl (C=O) groups is 4. The molecule has 172 valence electrons. The fraction of sp³-hybridized carbons (Fsp3) is 0.429. The highest BCUT2D eigenvalue weighted by molar-refractivity contribution is 6.05. The van der Waals surface area contributed by atoms with Crippen LogP contribution in [0.15, 0.2) is 30.5 Å². The van der Waals surface area contributed by atoms with Gasteiger partial charge in [0.1, 0.15) is 12.1 Å². The van der Waals surface area contributed by atoms with Crippen LogP contribution in [0.4, 0.5) is 15.3 Å². The van der Waals surface area contributed by atoms with Crippen LogP contribution in [-0.4, -0.2) is 65.2 Å². The lowest BCUT2D eigenvalue weighted by atomic mass is 10.0. The lowest BCUT2D eigenvalue weighted by Crippen LogP contribution is -2.53. The first-order valence-electron chi connectivity index (χ1n) is 10.2. The van der Waals surface area contributed by atoms with Gasteiger partial charge in [0, 0.05) is 24.2 Å². The standard InChI is InChI=1S/C21H28N6O5/c1-11(2)17(19(29)32-3)25-18(28)16-8-12(22)9-27(16)21(31)24-14-10-26(20(23)30)15-7-5-4-6-13(14)15/h4-7,10-12,16-17H,8-9,22H2,1-3H3,(H2,23,30)(H,24,31)(H,25,28)/t12-,16-,17+/m0/s1. The Morgan fingerprint density at radius 2 is 1.88 bits per heavy atom. The van der Waals surface area contributed by atoms with Gasteiger partial charge in [-0.2, -0.15) is 0 Å². The number of hydrogen-bond donors (Lipinski definition) is 4. The Morgan fingerprint density at radius 3 is 2.50 bits per heavy atom. The molecule has 4 amide bonds. The average molecular weight is 444 g/mol. The highest BCUT2D eigenvalue weighted by Crippen LogP contribution is 2.27. The third-order valence-corrected chi connectivity index (χ3v) is 5.51. The zero-order valence-corrected chi connectivity index (χ0v) is 18.2. The van der Waals surface area contributed by atoms with E-state index in [1.165, 1.54) is 22.8 Å². The number of anilines is 1. The van der Waals surface area contributed by atoms with Crippen molar-refractivity contribution in [3.8, 4) is 0 Å². The van der Waals surface area contributed by atoms with Gasteiger partial charge in [0.2, 0.25) is 5.91 Å². The molecule has 1 fully saturated rings. The molecule has 1 aromatic carbocycles. The minimum Gasteiger partial charge on any atom is -0.467 e. The monoisotopic (exact) mass is 444 g/mol. The van der Waals surface area contributed by atoms with Crippen molar-refractivity contribution in [2.75, 3.05) is 19.0 Å². The number of amides is 4. The molecule has 11 heteroatoms. The number of para-hydroxylation sites is 1. The highest BCUT2D eigenvalue weighted by Gasteiger charge is 2.40. The normalized spacial score (nSPS) is 19.1. The molecule has 2 aromatic rings. The van der Waals surface area contributed by atoms with Crippen molar-refractivity contribution in [2.24, 2.45) is 17.4 Å². The first-order chi connectivity index (χ1) is 15.1. The van der Waals surface area contributed by atoms with Gasteiger partial charge >= 0.3 is 18.0 Å². The number of nitrogens with zero attached hydrogens (tertiary/aromatic N) is 2. The van der Waals surface area contributed by atoms with Crippen LogP contribution in [0.5, 0.6) is 0 Å². The minimum absolute atomic E-state index is 0.156. The summed E-state index contributed by atoms with van der Waals surface area (Å²) in [5.74, 6) is -1.26. The number of primary amides is 1. The van der Waals surface area contributed by atoms with Crippen molar-refractivity contribution < 1.29 is 23.9 Å². The van der Waals surface area contributed by atoms with E-state index in [9.17, 15) is 19.2 Å². The Labute approximate surface area is 185 Å². The van der Waals surface area contributed by atoms with E-state index in [4.69, 9.17) is 16.2 Å². The minimum atomic E-state index is -0.861. The fourth-order valence-corrected chi connectivity index (χ4v) is 3.86. The number of urea groups is 1. The number of esters is 1. The number of fused-ring (bicyclic) bond motifs is 1. The van der Waals surface area contributed by atoms with E-state index in [2.05, 4.69) is 10.6 Å². The summed E-state index contributed by atoms with van der Waals surface area (Å²) in [6.07, 6.45) is 1.68. The molecular formula is C21H28N6O5. The van der Waals surface area contributed by atoms with Crippen molar-refractivity contribution in [3.05, 3.63) is 30.5 Å².